The molecule has 1 aromatic carbocycles. The molecule has 2 fully saturated rings. The summed E-state index contributed by atoms with van der Waals surface area (Å²) in [5.41, 5.74) is 0.652. The average Bonchev–Trinajstić information content (AvgIpc) is 3.34. The Bertz CT molecular complexity index is 1050. The van der Waals surface area contributed by atoms with Gasteiger partial charge in [0.05, 0.1) is 12.2 Å². The van der Waals surface area contributed by atoms with Crippen LogP contribution in [0, 0.1) is 0 Å². The first kappa shape index (κ1) is 21.5. The van der Waals surface area contributed by atoms with Crippen LogP contribution in [0.15, 0.2) is 53.3 Å². The van der Waals surface area contributed by atoms with E-state index in [1.807, 2.05) is 35.2 Å². The molecule has 0 bridgehead atoms. The molecule has 2 aliphatic rings. The molecular weight excluding hydrogens is 422 g/mol. The van der Waals surface area contributed by atoms with Crippen LogP contribution in [0.2, 0.25) is 0 Å². The SMILES string of the molecule is O=C(CCc1nc(-c2ccccc2)no1)N1CCC2(CC1)CC(Oc1ncccn1)CCO2. The van der Waals surface area contributed by atoms with E-state index in [1.54, 1.807) is 18.5 Å². The van der Waals surface area contributed by atoms with E-state index in [1.165, 1.54) is 0 Å². The summed E-state index contributed by atoms with van der Waals surface area (Å²) in [7, 11) is 0. The molecule has 1 amide bonds. The van der Waals surface area contributed by atoms with E-state index in [4.69, 9.17) is 14.0 Å². The molecule has 0 N–H and O–H groups in total. The summed E-state index contributed by atoms with van der Waals surface area (Å²) in [6.07, 6.45) is 7.37. The lowest BCUT2D eigenvalue weighted by molar-refractivity contribution is -0.152. The van der Waals surface area contributed by atoms with Crippen molar-refractivity contribution < 1.29 is 18.8 Å². The number of likely N-dealkylation sites (tertiary alicyclic amines) is 1. The first-order valence-electron chi connectivity index (χ1n) is 11.4. The molecule has 1 unspecified atom stereocenters. The number of hydrogen-bond donors (Lipinski definition) is 0. The Hall–Kier alpha value is -3.33. The van der Waals surface area contributed by atoms with E-state index < -0.39 is 0 Å². The van der Waals surface area contributed by atoms with Crippen LogP contribution in [-0.4, -0.2) is 62.3 Å². The molecule has 0 saturated carbocycles. The summed E-state index contributed by atoms with van der Waals surface area (Å²) in [6, 6.07) is 11.8. The Morgan fingerprint density at radius 1 is 1.12 bits per heavy atom. The van der Waals surface area contributed by atoms with Gasteiger partial charge in [-0.15, -0.1) is 0 Å². The van der Waals surface area contributed by atoms with Crippen molar-refractivity contribution in [2.75, 3.05) is 19.7 Å². The van der Waals surface area contributed by atoms with E-state index in [2.05, 4.69) is 20.1 Å². The molecule has 0 radical (unpaired) electrons. The van der Waals surface area contributed by atoms with Gasteiger partial charge in [0.15, 0.2) is 0 Å². The van der Waals surface area contributed by atoms with Gasteiger partial charge in [-0.2, -0.15) is 4.98 Å². The molecule has 5 rings (SSSR count). The van der Waals surface area contributed by atoms with Crippen molar-refractivity contribution in [3.63, 3.8) is 0 Å². The highest BCUT2D eigenvalue weighted by molar-refractivity contribution is 5.76. The predicted molar refractivity (Wildman–Crippen MR) is 118 cm³/mol. The molecule has 33 heavy (non-hydrogen) atoms. The zero-order chi connectivity index (χ0) is 22.5. The minimum Gasteiger partial charge on any atom is -0.460 e. The number of aryl methyl sites for hydroxylation is 1. The van der Waals surface area contributed by atoms with E-state index in [9.17, 15) is 4.79 Å². The Morgan fingerprint density at radius 2 is 1.91 bits per heavy atom. The van der Waals surface area contributed by atoms with Gasteiger partial charge in [0.1, 0.15) is 6.10 Å². The fourth-order valence-electron chi connectivity index (χ4n) is 4.52. The third-order valence-electron chi connectivity index (χ3n) is 6.34. The third-order valence-corrected chi connectivity index (χ3v) is 6.34. The van der Waals surface area contributed by atoms with Gasteiger partial charge in [-0.3, -0.25) is 4.79 Å². The lowest BCUT2D eigenvalue weighted by Crippen LogP contribution is -2.52. The van der Waals surface area contributed by atoms with Crippen molar-refractivity contribution in [2.45, 2.75) is 50.2 Å². The number of hydrogen-bond acceptors (Lipinski definition) is 8. The summed E-state index contributed by atoms with van der Waals surface area (Å²) in [5.74, 6) is 1.13. The van der Waals surface area contributed by atoms with Gasteiger partial charge in [-0.1, -0.05) is 35.5 Å². The molecule has 9 heteroatoms. The molecule has 2 aliphatic heterocycles. The number of rotatable bonds is 6. The number of carbonyl (C=O) groups excluding carboxylic acids is 1. The van der Waals surface area contributed by atoms with Crippen LogP contribution >= 0.6 is 0 Å². The minimum atomic E-state index is -0.244. The molecule has 1 spiro atoms. The monoisotopic (exact) mass is 449 g/mol. The van der Waals surface area contributed by atoms with E-state index in [0.29, 0.717) is 50.3 Å². The normalized spacial score (nSPS) is 20.0. The first-order chi connectivity index (χ1) is 16.2. The highest BCUT2D eigenvalue weighted by Crippen LogP contribution is 2.36. The topological polar surface area (TPSA) is 103 Å². The van der Waals surface area contributed by atoms with Gasteiger partial charge in [0.2, 0.25) is 17.6 Å². The molecule has 1 atom stereocenters. The van der Waals surface area contributed by atoms with Gasteiger partial charge >= 0.3 is 6.01 Å². The van der Waals surface area contributed by atoms with Crippen molar-refractivity contribution in [1.29, 1.82) is 0 Å². The van der Waals surface area contributed by atoms with Crippen LogP contribution in [0.5, 0.6) is 6.01 Å². The maximum atomic E-state index is 12.8. The summed E-state index contributed by atoms with van der Waals surface area (Å²) in [5, 5.41) is 4.02. The Morgan fingerprint density at radius 3 is 2.70 bits per heavy atom. The number of aromatic nitrogens is 4. The Labute approximate surface area is 192 Å². The van der Waals surface area contributed by atoms with Crippen LogP contribution in [0.4, 0.5) is 0 Å². The fourth-order valence-corrected chi connectivity index (χ4v) is 4.52. The summed E-state index contributed by atoms with van der Waals surface area (Å²) in [4.78, 5) is 27.4. The maximum Gasteiger partial charge on any atom is 0.316 e. The first-order valence-corrected chi connectivity index (χ1v) is 11.4. The fraction of sp³-hybridized carbons (Fsp3) is 0.458. The van der Waals surface area contributed by atoms with Gasteiger partial charge in [0.25, 0.3) is 0 Å². The van der Waals surface area contributed by atoms with Crippen molar-refractivity contribution in [1.82, 2.24) is 25.0 Å². The molecule has 2 saturated heterocycles. The van der Waals surface area contributed by atoms with Crippen LogP contribution < -0.4 is 4.74 Å². The van der Waals surface area contributed by atoms with Crippen molar-refractivity contribution >= 4 is 5.91 Å². The highest BCUT2D eigenvalue weighted by Gasteiger charge is 2.42. The quantitative estimate of drug-likeness (QED) is 0.566. The molecule has 9 nitrogen and oxygen atoms in total. The van der Waals surface area contributed by atoms with Gasteiger partial charge in [-0.05, 0) is 18.9 Å². The van der Waals surface area contributed by atoms with Crippen LogP contribution in [0.3, 0.4) is 0 Å². The molecule has 172 valence electrons. The second-order valence-corrected chi connectivity index (χ2v) is 8.55. The molecule has 3 aromatic rings. The van der Waals surface area contributed by atoms with Gasteiger partial charge in [0, 0.05) is 56.7 Å². The number of ether oxygens (including phenoxy) is 2. The number of amides is 1. The number of carbonyl (C=O) groups is 1. The van der Waals surface area contributed by atoms with E-state index >= 15 is 0 Å². The summed E-state index contributed by atoms with van der Waals surface area (Å²) < 4.78 is 17.5. The third kappa shape index (κ3) is 5.19. The average molecular weight is 450 g/mol. The highest BCUT2D eigenvalue weighted by atomic mass is 16.5. The van der Waals surface area contributed by atoms with Crippen LogP contribution in [0.25, 0.3) is 11.4 Å². The summed E-state index contributed by atoms with van der Waals surface area (Å²) >= 11 is 0. The smallest absolute Gasteiger partial charge is 0.316 e. The molecule has 4 heterocycles. The zero-order valence-corrected chi connectivity index (χ0v) is 18.4. The number of piperidine rings is 1. The largest absolute Gasteiger partial charge is 0.460 e. The maximum absolute atomic E-state index is 12.8. The van der Waals surface area contributed by atoms with E-state index in [-0.39, 0.29) is 17.6 Å². The standard InChI is InChI=1S/C24H27N5O4/c30-21(8-7-20-27-22(28-33-20)18-5-2-1-3-6-18)29-14-10-24(11-15-29)17-19(9-16-31-24)32-23-25-12-4-13-26-23/h1-6,12-13,19H,7-11,14-17H2. The van der Waals surface area contributed by atoms with Crippen molar-refractivity contribution in [3.05, 3.63) is 54.7 Å². The minimum absolute atomic E-state index is 0.0275. The predicted octanol–water partition coefficient (Wildman–Crippen LogP) is 3.08. The van der Waals surface area contributed by atoms with Gasteiger partial charge < -0.3 is 18.9 Å². The van der Waals surface area contributed by atoms with Crippen LogP contribution in [0.1, 0.15) is 38.0 Å². The second-order valence-electron chi connectivity index (χ2n) is 8.55. The number of nitrogens with zero attached hydrogens (tertiary/aromatic N) is 5. The molecule has 2 aromatic heterocycles. The van der Waals surface area contributed by atoms with Crippen molar-refractivity contribution in [2.24, 2.45) is 0 Å². The molecule has 0 aliphatic carbocycles. The van der Waals surface area contributed by atoms with Gasteiger partial charge in [-0.25, -0.2) is 9.97 Å². The summed E-state index contributed by atoms with van der Waals surface area (Å²) in [6.45, 7) is 1.99. The second kappa shape index (κ2) is 9.66. The lowest BCUT2D eigenvalue weighted by Gasteiger charge is -2.45. The number of benzene rings is 1. The van der Waals surface area contributed by atoms with Crippen LogP contribution in [-0.2, 0) is 16.0 Å². The van der Waals surface area contributed by atoms with Crippen molar-refractivity contribution in [3.8, 4) is 17.4 Å². The Kier molecular flexibility index (Phi) is 6.30. The van der Waals surface area contributed by atoms with E-state index in [0.717, 1.165) is 31.2 Å². The molecular formula is C24H27N5O4. The Balaban J connectivity index is 1.10. The zero-order valence-electron chi connectivity index (χ0n) is 18.4. The lowest BCUT2D eigenvalue weighted by atomic mass is 9.83.